The molecule has 0 spiro atoms. The summed E-state index contributed by atoms with van der Waals surface area (Å²) in [6.07, 6.45) is -0.395. The topological polar surface area (TPSA) is 257 Å². The monoisotopic (exact) mass is 492 g/mol. The molecule has 0 saturated carbocycles. The van der Waals surface area contributed by atoms with E-state index < -0.39 is 72.2 Å². The van der Waals surface area contributed by atoms with E-state index in [1.807, 2.05) is 5.32 Å². The highest BCUT2D eigenvalue weighted by Crippen LogP contribution is 2.05. The Morgan fingerprint density at radius 2 is 1.45 bits per heavy atom. The minimum atomic E-state index is -1.66. The van der Waals surface area contributed by atoms with Crippen molar-refractivity contribution in [2.45, 2.75) is 62.9 Å². The molecule has 33 heavy (non-hydrogen) atoms. The summed E-state index contributed by atoms with van der Waals surface area (Å²) in [5, 5.41) is 25.8. The van der Waals surface area contributed by atoms with Crippen molar-refractivity contribution in [3.05, 3.63) is 0 Å². The second kappa shape index (κ2) is 15.0. The molecule has 5 atom stereocenters. The molecule has 0 aliphatic carbocycles. The zero-order valence-electron chi connectivity index (χ0n) is 18.4. The number of rotatable bonds is 16. The minimum absolute atomic E-state index is 0.0345. The van der Waals surface area contributed by atoms with Crippen LogP contribution in [0.5, 0.6) is 0 Å². The number of carbonyl (C=O) groups is 6. The van der Waals surface area contributed by atoms with E-state index in [1.54, 1.807) is 6.26 Å². The molecule has 0 saturated heterocycles. The summed E-state index contributed by atoms with van der Waals surface area (Å²) in [6.45, 7) is 1.18. The lowest BCUT2D eigenvalue weighted by molar-refractivity contribution is -0.144. The largest absolute Gasteiger partial charge is 0.480 e. The van der Waals surface area contributed by atoms with Crippen LogP contribution in [-0.4, -0.2) is 88.0 Å². The van der Waals surface area contributed by atoms with E-state index in [2.05, 4.69) is 10.6 Å². The van der Waals surface area contributed by atoms with Gasteiger partial charge in [0, 0.05) is 6.42 Å². The Morgan fingerprint density at radius 3 is 1.91 bits per heavy atom. The Hall–Kier alpha value is -2.91. The number of nitrogens with one attached hydrogen (secondary N) is 3. The molecular weight excluding hydrogens is 460 g/mol. The number of aliphatic hydroxyl groups is 1. The first kappa shape index (κ1) is 30.1. The number of hydrogen-bond donors (Lipinski definition) is 8. The lowest BCUT2D eigenvalue weighted by atomic mass is 10.1. The molecule has 0 bridgehead atoms. The van der Waals surface area contributed by atoms with E-state index in [0.717, 1.165) is 0 Å². The van der Waals surface area contributed by atoms with Crippen molar-refractivity contribution in [2.24, 2.45) is 17.2 Å². The predicted octanol–water partition coefficient (Wildman–Crippen LogP) is -3.87. The number of carboxylic acids is 1. The molecule has 11 N–H and O–H groups in total. The molecule has 0 radical (unpaired) electrons. The van der Waals surface area contributed by atoms with Gasteiger partial charge in [-0.3, -0.25) is 24.0 Å². The molecule has 5 amide bonds. The second-order valence-corrected chi connectivity index (χ2v) is 8.24. The van der Waals surface area contributed by atoms with E-state index in [0.29, 0.717) is 5.75 Å². The van der Waals surface area contributed by atoms with Crippen molar-refractivity contribution >= 4 is 47.3 Å². The summed E-state index contributed by atoms with van der Waals surface area (Å²) in [5.74, 6) is -5.33. The Bertz CT molecular complexity index is 735. The fourth-order valence-corrected chi connectivity index (χ4v) is 3.01. The standard InChI is InChI=1S/C18H32N6O8S/c1-8(25)14(17(30)23-11(18(31)32)7-13(21)27)24-16(29)10(5-6-33-2)22-15(28)9(19)3-4-12(20)26/h8-11,14,25H,3-7,19H2,1-2H3,(H2,20,26)(H2,21,27)(H,22,28)(H,23,30)(H,24,29)(H,31,32). The first-order chi connectivity index (χ1) is 15.3. The summed E-state index contributed by atoms with van der Waals surface area (Å²) >= 11 is 1.38. The minimum Gasteiger partial charge on any atom is -0.480 e. The molecule has 0 aliphatic rings. The fourth-order valence-electron chi connectivity index (χ4n) is 2.53. The average molecular weight is 493 g/mol. The highest BCUT2D eigenvalue weighted by atomic mass is 32.2. The van der Waals surface area contributed by atoms with Crippen LogP contribution in [0, 0.1) is 0 Å². The van der Waals surface area contributed by atoms with Gasteiger partial charge in [-0.05, 0) is 31.8 Å². The SMILES string of the molecule is CSCCC(NC(=O)C(N)CCC(N)=O)C(=O)NC(C(=O)NC(CC(N)=O)C(=O)O)C(C)O. The van der Waals surface area contributed by atoms with Crippen molar-refractivity contribution in [1.29, 1.82) is 0 Å². The summed E-state index contributed by atoms with van der Waals surface area (Å²) in [5.41, 5.74) is 15.7. The van der Waals surface area contributed by atoms with Crippen LogP contribution in [0.25, 0.3) is 0 Å². The maximum atomic E-state index is 12.8. The van der Waals surface area contributed by atoms with Gasteiger partial charge in [-0.2, -0.15) is 11.8 Å². The van der Waals surface area contributed by atoms with Crippen LogP contribution in [0.15, 0.2) is 0 Å². The summed E-state index contributed by atoms with van der Waals surface area (Å²) < 4.78 is 0. The summed E-state index contributed by atoms with van der Waals surface area (Å²) in [6, 6.07) is -5.50. The zero-order chi connectivity index (χ0) is 25.7. The molecule has 0 aromatic rings. The smallest absolute Gasteiger partial charge is 0.326 e. The molecular formula is C18H32N6O8S. The number of carbonyl (C=O) groups excluding carboxylic acids is 5. The van der Waals surface area contributed by atoms with E-state index in [4.69, 9.17) is 22.3 Å². The zero-order valence-corrected chi connectivity index (χ0v) is 19.2. The van der Waals surface area contributed by atoms with E-state index in [1.165, 1.54) is 18.7 Å². The predicted molar refractivity (Wildman–Crippen MR) is 118 cm³/mol. The third kappa shape index (κ3) is 12.1. The van der Waals surface area contributed by atoms with Gasteiger partial charge in [0.15, 0.2) is 0 Å². The van der Waals surface area contributed by atoms with Crippen LogP contribution in [0.4, 0.5) is 0 Å². The van der Waals surface area contributed by atoms with Gasteiger partial charge in [0.1, 0.15) is 18.1 Å². The average Bonchev–Trinajstić information content (AvgIpc) is 2.71. The van der Waals surface area contributed by atoms with Crippen LogP contribution in [-0.2, 0) is 28.8 Å². The van der Waals surface area contributed by atoms with Crippen molar-refractivity contribution in [3.63, 3.8) is 0 Å². The Balaban J connectivity index is 5.37. The van der Waals surface area contributed by atoms with Crippen molar-refractivity contribution in [2.75, 3.05) is 12.0 Å². The highest BCUT2D eigenvalue weighted by molar-refractivity contribution is 7.98. The summed E-state index contributed by atoms with van der Waals surface area (Å²) in [7, 11) is 0. The lowest BCUT2D eigenvalue weighted by Gasteiger charge is -2.26. The van der Waals surface area contributed by atoms with Gasteiger partial charge < -0.3 is 43.4 Å². The number of primary amides is 2. The number of aliphatic hydroxyl groups excluding tert-OH is 1. The van der Waals surface area contributed by atoms with Gasteiger partial charge in [0.05, 0.1) is 18.6 Å². The number of hydrogen-bond acceptors (Lipinski definition) is 9. The molecule has 0 rings (SSSR count). The van der Waals surface area contributed by atoms with Gasteiger partial charge in [-0.1, -0.05) is 0 Å². The Kier molecular flexibility index (Phi) is 13.7. The van der Waals surface area contributed by atoms with Crippen molar-refractivity contribution < 1.29 is 39.0 Å². The molecule has 5 unspecified atom stereocenters. The molecule has 0 heterocycles. The van der Waals surface area contributed by atoms with Gasteiger partial charge in [-0.25, -0.2) is 4.79 Å². The van der Waals surface area contributed by atoms with Gasteiger partial charge in [0.25, 0.3) is 0 Å². The molecule has 0 aromatic carbocycles. The number of amides is 5. The molecule has 0 aromatic heterocycles. The van der Waals surface area contributed by atoms with Crippen LogP contribution in [0.2, 0.25) is 0 Å². The number of aliphatic carboxylic acids is 1. The van der Waals surface area contributed by atoms with Crippen LogP contribution < -0.4 is 33.2 Å². The van der Waals surface area contributed by atoms with Gasteiger partial charge in [0.2, 0.25) is 29.5 Å². The third-order valence-electron chi connectivity index (χ3n) is 4.36. The van der Waals surface area contributed by atoms with E-state index in [9.17, 15) is 33.9 Å². The Labute approximate surface area is 194 Å². The number of nitrogens with two attached hydrogens (primary N) is 3. The van der Waals surface area contributed by atoms with Crippen LogP contribution in [0.1, 0.15) is 32.6 Å². The van der Waals surface area contributed by atoms with Crippen molar-refractivity contribution in [3.8, 4) is 0 Å². The quantitative estimate of drug-likeness (QED) is 0.104. The second-order valence-electron chi connectivity index (χ2n) is 7.25. The summed E-state index contributed by atoms with van der Waals surface area (Å²) in [4.78, 5) is 70.6. The van der Waals surface area contributed by atoms with E-state index >= 15 is 0 Å². The van der Waals surface area contributed by atoms with Crippen molar-refractivity contribution in [1.82, 2.24) is 16.0 Å². The Morgan fingerprint density at radius 1 is 0.879 bits per heavy atom. The maximum Gasteiger partial charge on any atom is 0.326 e. The molecule has 0 fully saturated rings. The first-order valence-corrected chi connectivity index (χ1v) is 11.3. The number of thioether (sulfide) groups is 1. The van der Waals surface area contributed by atoms with Crippen LogP contribution >= 0.6 is 11.8 Å². The molecule has 0 aliphatic heterocycles. The molecule has 188 valence electrons. The van der Waals surface area contributed by atoms with E-state index in [-0.39, 0.29) is 19.3 Å². The third-order valence-corrected chi connectivity index (χ3v) is 5.01. The maximum absolute atomic E-state index is 12.8. The van der Waals surface area contributed by atoms with Gasteiger partial charge in [-0.15, -0.1) is 0 Å². The van der Waals surface area contributed by atoms with Gasteiger partial charge >= 0.3 is 5.97 Å². The lowest BCUT2D eigenvalue weighted by Crippen LogP contribution is -2.60. The fraction of sp³-hybridized carbons (Fsp3) is 0.667. The molecule has 15 heteroatoms. The highest BCUT2D eigenvalue weighted by Gasteiger charge is 2.33. The normalized spacial score (nSPS) is 15.3. The molecule has 14 nitrogen and oxygen atoms in total. The number of carboxylic acid groups (broad SMARTS) is 1. The van der Waals surface area contributed by atoms with Crippen LogP contribution in [0.3, 0.4) is 0 Å². The first-order valence-electron chi connectivity index (χ1n) is 9.93.